The average molecular weight is 1260 g/mol. The Bertz CT molecular complexity index is 4770. The zero-order valence-corrected chi connectivity index (χ0v) is 51.0. The van der Waals surface area contributed by atoms with E-state index in [0.717, 1.165) is 90.7 Å². The molecule has 6 nitrogen and oxygen atoms in total. The summed E-state index contributed by atoms with van der Waals surface area (Å²) in [6.45, 7) is 23.4. The Morgan fingerprint density at radius 3 is 1.69 bits per heavy atom. The number of ether oxygens (including phenoxy) is 1. The van der Waals surface area contributed by atoms with E-state index in [-0.39, 0.29) is 42.7 Å². The molecule has 7 heteroatoms. The van der Waals surface area contributed by atoms with E-state index in [1.54, 1.807) is 0 Å². The summed E-state index contributed by atoms with van der Waals surface area (Å²) in [5.74, 6) is 2.00. The van der Waals surface area contributed by atoms with Crippen LogP contribution in [0.3, 0.4) is 0 Å². The maximum absolute atomic E-state index is 6.92. The second kappa shape index (κ2) is 18.9. The van der Waals surface area contributed by atoms with E-state index in [0.29, 0.717) is 11.5 Å². The van der Waals surface area contributed by atoms with Crippen molar-refractivity contribution in [1.82, 2.24) is 18.7 Å². The Kier molecular flexibility index (Phi) is 12.0. The summed E-state index contributed by atoms with van der Waals surface area (Å²) < 4.78 is 16.2. The molecule has 0 amide bonds. The molecule has 1 aliphatic carbocycles. The normalized spacial score (nSPS) is 14.4. The van der Waals surface area contributed by atoms with E-state index < -0.39 is 0 Å². The molecule has 0 saturated heterocycles. The van der Waals surface area contributed by atoms with Crippen molar-refractivity contribution in [1.29, 1.82) is 0 Å². The predicted molar refractivity (Wildman–Crippen MR) is 337 cm³/mol. The van der Waals surface area contributed by atoms with Gasteiger partial charge in [0.25, 0.3) is 6.33 Å². The minimum atomic E-state index is -0.203. The van der Waals surface area contributed by atoms with Gasteiger partial charge in [-0.05, 0) is 150 Å². The molecule has 0 unspecified atom stereocenters. The smallest absolute Gasteiger partial charge is 0.268 e. The number of fused-ring (bicyclic) bond motifs is 14. The zero-order valence-electron chi connectivity index (χ0n) is 48.8. The monoisotopic (exact) mass is 1260 g/mol. The first kappa shape index (κ1) is 52.7. The van der Waals surface area contributed by atoms with Gasteiger partial charge in [-0.3, -0.25) is 4.57 Å². The molecule has 9 aromatic carbocycles. The van der Waals surface area contributed by atoms with E-state index in [4.69, 9.17) is 9.72 Å². The van der Waals surface area contributed by atoms with Gasteiger partial charge in [0.1, 0.15) is 5.82 Å². The van der Waals surface area contributed by atoms with Crippen LogP contribution >= 0.6 is 0 Å². The molecule has 0 fully saturated rings. The molecule has 0 atom stereocenters. The number of hydrogen-bond donors (Lipinski definition) is 0. The molecule has 5 heterocycles. The Hall–Kier alpha value is -8.31. The molecule has 0 radical (unpaired) electrons. The number of pyridine rings is 1. The molecular weight excluding hydrogens is 1190 g/mol. The number of rotatable bonds is 5. The van der Waals surface area contributed by atoms with E-state index in [1.807, 2.05) is 18.3 Å². The second-order valence-corrected chi connectivity index (χ2v) is 26.3. The van der Waals surface area contributed by atoms with Crippen LogP contribution in [0, 0.1) is 18.5 Å². The summed E-state index contributed by atoms with van der Waals surface area (Å²) in [5.41, 5.74) is 21.4. The van der Waals surface area contributed by atoms with Crippen LogP contribution in [-0.4, -0.2) is 18.7 Å². The molecule has 1 aliphatic heterocycles. The third-order valence-corrected chi connectivity index (χ3v) is 18.1. The van der Waals surface area contributed by atoms with Crippen LogP contribution in [-0.2, 0) is 42.7 Å². The molecule has 412 valence electrons. The Morgan fingerprint density at radius 1 is 0.482 bits per heavy atom. The largest absolute Gasteiger partial charge is 0.510 e. The van der Waals surface area contributed by atoms with E-state index in [1.165, 1.54) is 55.3 Å². The van der Waals surface area contributed by atoms with Gasteiger partial charge >= 0.3 is 0 Å². The number of para-hydroxylation sites is 4. The van der Waals surface area contributed by atoms with Crippen molar-refractivity contribution in [2.75, 3.05) is 0 Å². The van der Waals surface area contributed by atoms with Crippen molar-refractivity contribution in [2.24, 2.45) is 0 Å². The first-order valence-electron chi connectivity index (χ1n) is 29.0. The molecule has 0 bridgehead atoms. The summed E-state index contributed by atoms with van der Waals surface area (Å²) >= 11 is 0. The topological polar surface area (TPSA) is 40.8 Å². The zero-order chi connectivity index (χ0) is 56.2. The quantitative estimate of drug-likeness (QED) is 0.127. The summed E-state index contributed by atoms with van der Waals surface area (Å²) in [4.78, 5) is 4.94. The van der Waals surface area contributed by atoms with E-state index >= 15 is 0 Å². The van der Waals surface area contributed by atoms with E-state index in [9.17, 15) is 0 Å². The van der Waals surface area contributed by atoms with Crippen molar-refractivity contribution in [3.8, 4) is 67.8 Å². The first-order valence-corrected chi connectivity index (χ1v) is 29.0. The summed E-state index contributed by atoms with van der Waals surface area (Å²) in [7, 11) is 0. The van der Waals surface area contributed by atoms with Crippen LogP contribution in [0.1, 0.15) is 104 Å². The fraction of sp³-hybridized carbons (Fsp3) is 0.211. The van der Waals surface area contributed by atoms with E-state index in [2.05, 4.69) is 276 Å². The van der Waals surface area contributed by atoms with Gasteiger partial charge in [0.05, 0.1) is 33.4 Å². The van der Waals surface area contributed by atoms with Crippen molar-refractivity contribution in [2.45, 2.75) is 104 Å². The van der Waals surface area contributed by atoms with Gasteiger partial charge in [-0.15, -0.1) is 29.7 Å². The predicted octanol–water partition coefficient (Wildman–Crippen LogP) is 18.9. The standard InChI is InChI=1S/C76H65N5O.Pt/c1-73(2,3)47-35-38-77-70(41-47)81-66-31-18-15-27-56(66)57-34-33-51(43-68(57)81)82-50-22-19-21-49(42-50)78-46-79-71-58(28-20-32-67(71)80-64-29-16-13-25-54(64)55-26-14-17-30-65(55)80)60-45-63-62(75(7,8)36-37-76(63,9)10)44-59(60)52-23-11-12-24-53(52)61-39-48(74(4,5)6)40-69(78)72(61)79;/h11-35,38-41,44-45H,36-37H2,1-10H3;/q-2;. The van der Waals surface area contributed by atoms with Gasteiger partial charge < -0.3 is 18.4 Å². The van der Waals surface area contributed by atoms with Gasteiger partial charge in [0.2, 0.25) is 0 Å². The van der Waals surface area contributed by atoms with Crippen molar-refractivity contribution in [3.63, 3.8) is 0 Å². The number of imidazole rings is 1. The van der Waals surface area contributed by atoms with Gasteiger partial charge in [-0.1, -0.05) is 178 Å². The molecule has 0 spiro atoms. The summed E-state index contributed by atoms with van der Waals surface area (Å²) in [6.07, 6.45) is 8.27. The number of aromatic nitrogens is 5. The third kappa shape index (κ3) is 8.29. The third-order valence-electron chi connectivity index (χ3n) is 18.1. The Labute approximate surface area is 500 Å². The summed E-state index contributed by atoms with van der Waals surface area (Å²) in [5, 5.41) is 4.65. The summed E-state index contributed by atoms with van der Waals surface area (Å²) in [6, 6.07) is 74.4. The van der Waals surface area contributed by atoms with Crippen LogP contribution in [0.25, 0.3) is 111 Å². The van der Waals surface area contributed by atoms with Gasteiger partial charge in [-0.25, -0.2) is 4.98 Å². The van der Waals surface area contributed by atoms with Crippen LogP contribution in [0.5, 0.6) is 11.5 Å². The molecule has 2 aliphatic rings. The second-order valence-electron chi connectivity index (χ2n) is 26.3. The van der Waals surface area contributed by atoms with Crippen LogP contribution in [0.15, 0.2) is 188 Å². The van der Waals surface area contributed by atoms with Crippen LogP contribution in [0.2, 0.25) is 0 Å². The van der Waals surface area contributed by atoms with Crippen molar-refractivity contribution < 1.29 is 30.4 Å². The fourth-order valence-electron chi connectivity index (χ4n) is 13.5. The minimum Gasteiger partial charge on any atom is -0.510 e. The average Bonchev–Trinajstić information content (AvgIpc) is 2.79. The van der Waals surface area contributed by atoms with Crippen LogP contribution in [0.4, 0.5) is 0 Å². The maximum atomic E-state index is 6.92. The molecule has 4 aromatic heterocycles. The Balaban J connectivity index is 0.00000614. The number of nitrogens with zero attached hydrogens (tertiary/aromatic N) is 5. The number of hydrogen-bond acceptors (Lipinski definition) is 2. The molecule has 83 heavy (non-hydrogen) atoms. The van der Waals surface area contributed by atoms with Crippen molar-refractivity contribution in [3.05, 3.63) is 229 Å². The minimum absolute atomic E-state index is 0. The molecule has 0 N–H and O–H groups in total. The van der Waals surface area contributed by atoms with Gasteiger partial charge in [0.15, 0.2) is 0 Å². The van der Waals surface area contributed by atoms with Gasteiger partial charge in [-0.2, -0.15) is 18.2 Å². The fourth-order valence-corrected chi connectivity index (χ4v) is 13.5. The van der Waals surface area contributed by atoms with Crippen LogP contribution < -0.4 is 9.30 Å². The van der Waals surface area contributed by atoms with Gasteiger partial charge in [0, 0.05) is 55.1 Å². The number of benzene rings is 9. The molecular formula is C76H65N5OPt-2. The van der Waals surface area contributed by atoms with Crippen molar-refractivity contribution >= 4 is 54.6 Å². The SMILES string of the molecule is CC(C)(C)c1ccnc(-n2c3[c-]c(Oc4[c-]c(-n5[c-][n+]6c7c(cc(C(C)(C)C)cc75)-c5ccccc5-c5cc7c(cc5-c5cccc(-n8c9ccccc9c9ccccc98)c5-6)C(C)(C)CCC7(C)C)ccc4)ccc3c3ccccc32)c1.[Pt]. The first-order chi connectivity index (χ1) is 39.4. The molecule has 15 rings (SSSR count). The Morgan fingerprint density at radius 2 is 1.04 bits per heavy atom. The molecule has 13 aromatic rings. The molecule has 0 saturated carbocycles. The maximum Gasteiger partial charge on any atom is 0.268 e.